The number of hydrogen-bond donors (Lipinski definition) is 1. The fourth-order valence-corrected chi connectivity index (χ4v) is 3.32. The molecular weight excluding hydrogens is 296 g/mol. The highest BCUT2D eigenvalue weighted by Gasteiger charge is 2.10. The second kappa shape index (κ2) is 8.74. The molecule has 24 heavy (non-hydrogen) atoms. The molecule has 0 unspecified atom stereocenters. The van der Waals surface area contributed by atoms with Crippen LogP contribution < -0.4 is 10.5 Å². The molecule has 1 aliphatic heterocycles. The summed E-state index contributed by atoms with van der Waals surface area (Å²) < 4.78 is 5.85. The first kappa shape index (κ1) is 16.8. The van der Waals surface area contributed by atoms with Crippen LogP contribution in [0.3, 0.4) is 0 Å². The van der Waals surface area contributed by atoms with E-state index in [1.807, 2.05) is 12.1 Å². The smallest absolute Gasteiger partial charge is 0.142 e. The minimum Gasteiger partial charge on any atom is -0.491 e. The van der Waals surface area contributed by atoms with Gasteiger partial charge in [0.15, 0.2) is 0 Å². The predicted octanol–water partition coefficient (Wildman–Crippen LogP) is 3.92. The van der Waals surface area contributed by atoms with Crippen LogP contribution >= 0.6 is 0 Å². The maximum absolute atomic E-state index is 6.16. The minimum atomic E-state index is 0.655. The number of hydrogen-bond acceptors (Lipinski definition) is 3. The second-order valence-electron chi connectivity index (χ2n) is 6.61. The van der Waals surface area contributed by atoms with Crippen LogP contribution in [0, 0.1) is 0 Å². The van der Waals surface area contributed by atoms with E-state index in [2.05, 4.69) is 41.3 Å². The van der Waals surface area contributed by atoms with Gasteiger partial charge in [-0.25, -0.2) is 0 Å². The molecule has 0 saturated carbocycles. The largest absolute Gasteiger partial charge is 0.491 e. The number of aryl methyl sites for hydroxylation is 1. The van der Waals surface area contributed by atoms with Crippen molar-refractivity contribution in [3.63, 3.8) is 0 Å². The molecule has 0 aromatic heterocycles. The van der Waals surface area contributed by atoms with Gasteiger partial charge < -0.3 is 15.4 Å². The molecule has 3 rings (SSSR count). The van der Waals surface area contributed by atoms with Crippen molar-refractivity contribution in [1.82, 2.24) is 4.90 Å². The molecule has 128 valence electrons. The Morgan fingerprint density at radius 1 is 0.917 bits per heavy atom. The van der Waals surface area contributed by atoms with Crippen molar-refractivity contribution in [2.45, 2.75) is 32.1 Å². The predicted molar refractivity (Wildman–Crippen MR) is 100 cm³/mol. The lowest BCUT2D eigenvalue weighted by atomic mass is 10.1. The van der Waals surface area contributed by atoms with Crippen LogP contribution in [0.25, 0.3) is 0 Å². The standard InChI is InChI=1S/C21H28N2O/c22-20-17-19(9-6-15-23-13-4-5-14-23)10-11-21(20)24-16-12-18-7-2-1-3-8-18/h1-3,7-8,10-11,17H,4-6,9,12-16,22H2. The molecule has 2 aromatic carbocycles. The maximum atomic E-state index is 6.16. The molecule has 3 heteroatoms. The van der Waals surface area contributed by atoms with E-state index in [4.69, 9.17) is 10.5 Å². The van der Waals surface area contributed by atoms with Gasteiger partial charge in [0, 0.05) is 6.42 Å². The summed E-state index contributed by atoms with van der Waals surface area (Å²) in [5.74, 6) is 0.800. The number of nitrogens with zero attached hydrogens (tertiary/aromatic N) is 1. The summed E-state index contributed by atoms with van der Waals surface area (Å²) in [6.45, 7) is 4.41. The molecule has 2 N–H and O–H groups in total. The monoisotopic (exact) mass is 324 g/mol. The Labute approximate surface area is 145 Å². The van der Waals surface area contributed by atoms with E-state index in [1.54, 1.807) is 0 Å². The highest BCUT2D eigenvalue weighted by Crippen LogP contribution is 2.23. The van der Waals surface area contributed by atoms with Gasteiger partial charge in [0.1, 0.15) is 5.75 Å². The van der Waals surface area contributed by atoms with E-state index in [9.17, 15) is 0 Å². The van der Waals surface area contributed by atoms with Crippen molar-refractivity contribution in [2.24, 2.45) is 0 Å². The highest BCUT2D eigenvalue weighted by molar-refractivity contribution is 5.54. The van der Waals surface area contributed by atoms with Crippen LogP contribution in [0.15, 0.2) is 48.5 Å². The molecule has 2 aromatic rings. The van der Waals surface area contributed by atoms with E-state index < -0.39 is 0 Å². The van der Waals surface area contributed by atoms with Crippen LogP contribution in [-0.4, -0.2) is 31.1 Å². The summed E-state index contributed by atoms with van der Waals surface area (Å²) >= 11 is 0. The Kier molecular flexibility index (Phi) is 6.13. The third kappa shape index (κ3) is 5.00. The molecule has 0 amide bonds. The van der Waals surface area contributed by atoms with E-state index in [1.165, 1.54) is 50.0 Å². The Morgan fingerprint density at radius 2 is 1.71 bits per heavy atom. The molecule has 1 saturated heterocycles. The van der Waals surface area contributed by atoms with Gasteiger partial charge in [-0.15, -0.1) is 0 Å². The lowest BCUT2D eigenvalue weighted by molar-refractivity contribution is 0.323. The van der Waals surface area contributed by atoms with Crippen molar-refractivity contribution < 1.29 is 4.74 Å². The zero-order valence-electron chi connectivity index (χ0n) is 14.4. The first-order chi connectivity index (χ1) is 11.8. The van der Waals surface area contributed by atoms with E-state index in [0.29, 0.717) is 6.61 Å². The molecule has 0 radical (unpaired) electrons. The van der Waals surface area contributed by atoms with Gasteiger partial charge in [0.25, 0.3) is 0 Å². The third-order valence-electron chi connectivity index (χ3n) is 4.70. The second-order valence-corrected chi connectivity index (χ2v) is 6.61. The van der Waals surface area contributed by atoms with Gasteiger partial charge in [-0.2, -0.15) is 0 Å². The zero-order valence-corrected chi connectivity index (χ0v) is 14.4. The topological polar surface area (TPSA) is 38.5 Å². The minimum absolute atomic E-state index is 0.655. The van der Waals surface area contributed by atoms with Gasteiger partial charge in [-0.3, -0.25) is 0 Å². The summed E-state index contributed by atoms with van der Waals surface area (Å²) in [6, 6.07) is 16.6. The molecule has 1 fully saturated rings. The molecule has 0 atom stereocenters. The highest BCUT2D eigenvalue weighted by atomic mass is 16.5. The summed E-state index contributed by atoms with van der Waals surface area (Å²) in [4.78, 5) is 2.56. The fourth-order valence-electron chi connectivity index (χ4n) is 3.32. The quantitative estimate of drug-likeness (QED) is 0.748. The molecule has 1 aliphatic rings. The van der Waals surface area contributed by atoms with Crippen LogP contribution in [0.2, 0.25) is 0 Å². The summed E-state index contributed by atoms with van der Waals surface area (Å²) in [7, 11) is 0. The Hall–Kier alpha value is -2.00. The van der Waals surface area contributed by atoms with Gasteiger partial charge in [-0.05, 0) is 68.6 Å². The third-order valence-corrected chi connectivity index (χ3v) is 4.70. The number of anilines is 1. The van der Waals surface area contributed by atoms with Gasteiger partial charge in [-0.1, -0.05) is 36.4 Å². The van der Waals surface area contributed by atoms with Crippen molar-refractivity contribution in [3.05, 3.63) is 59.7 Å². The number of nitrogen functional groups attached to an aromatic ring is 1. The number of rotatable bonds is 8. The van der Waals surface area contributed by atoms with Crippen molar-refractivity contribution in [3.8, 4) is 5.75 Å². The maximum Gasteiger partial charge on any atom is 0.142 e. The summed E-state index contributed by atoms with van der Waals surface area (Å²) in [5, 5.41) is 0. The van der Waals surface area contributed by atoms with E-state index in [0.717, 1.165) is 24.3 Å². The van der Waals surface area contributed by atoms with Gasteiger partial charge in [0.2, 0.25) is 0 Å². The first-order valence-corrected chi connectivity index (χ1v) is 9.09. The fraction of sp³-hybridized carbons (Fsp3) is 0.429. The van der Waals surface area contributed by atoms with Crippen LogP contribution in [-0.2, 0) is 12.8 Å². The average Bonchev–Trinajstić information content (AvgIpc) is 3.11. The first-order valence-electron chi connectivity index (χ1n) is 9.09. The number of likely N-dealkylation sites (tertiary alicyclic amines) is 1. The average molecular weight is 324 g/mol. The van der Waals surface area contributed by atoms with Crippen LogP contribution in [0.1, 0.15) is 30.4 Å². The molecule has 0 bridgehead atoms. The Balaban J connectivity index is 1.43. The van der Waals surface area contributed by atoms with Crippen molar-refractivity contribution >= 4 is 5.69 Å². The molecule has 3 nitrogen and oxygen atoms in total. The lowest BCUT2D eigenvalue weighted by Crippen LogP contribution is -2.20. The van der Waals surface area contributed by atoms with E-state index >= 15 is 0 Å². The van der Waals surface area contributed by atoms with Crippen molar-refractivity contribution in [2.75, 3.05) is 32.0 Å². The van der Waals surface area contributed by atoms with Crippen LogP contribution in [0.5, 0.6) is 5.75 Å². The molecular formula is C21H28N2O. The summed E-state index contributed by atoms with van der Waals surface area (Å²) in [5.41, 5.74) is 9.51. The van der Waals surface area contributed by atoms with E-state index in [-0.39, 0.29) is 0 Å². The molecule has 0 aliphatic carbocycles. The van der Waals surface area contributed by atoms with Crippen molar-refractivity contribution in [1.29, 1.82) is 0 Å². The number of nitrogens with two attached hydrogens (primary N) is 1. The Morgan fingerprint density at radius 3 is 2.46 bits per heavy atom. The number of ether oxygens (including phenoxy) is 1. The SMILES string of the molecule is Nc1cc(CCCN2CCCC2)ccc1OCCc1ccccc1. The van der Waals surface area contributed by atoms with Gasteiger partial charge in [0.05, 0.1) is 12.3 Å². The number of benzene rings is 2. The zero-order chi connectivity index (χ0) is 16.6. The van der Waals surface area contributed by atoms with Crippen LogP contribution in [0.4, 0.5) is 5.69 Å². The lowest BCUT2D eigenvalue weighted by Gasteiger charge is -2.14. The van der Waals surface area contributed by atoms with Gasteiger partial charge >= 0.3 is 0 Å². The normalized spacial score (nSPS) is 14.8. The summed E-state index contributed by atoms with van der Waals surface area (Å²) in [6.07, 6.45) is 5.92. The molecule has 0 spiro atoms. The molecule has 1 heterocycles. The Bertz CT molecular complexity index is 621.